The van der Waals surface area contributed by atoms with Crippen molar-refractivity contribution >= 4 is 11.6 Å². The molecule has 1 aliphatic rings. The summed E-state index contributed by atoms with van der Waals surface area (Å²) in [5.74, 6) is 0.0424. The van der Waals surface area contributed by atoms with Crippen molar-refractivity contribution in [3.63, 3.8) is 0 Å². The van der Waals surface area contributed by atoms with Gasteiger partial charge in [0, 0.05) is 19.0 Å². The van der Waals surface area contributed by atoms with Crippen LogP contribution >= 0.6 is 0 Å². The summed E-state index contributed by atoms with van der Waals surface area (Å²) in [6.45, 7) is 4.53. The van der Waals surface area contributed by atoms with E-state index in [4.69, 9.17) is 0 Å². The minimum Gasteiger partial charge on any atom is -0.323 e. The number of H-pyrrole nitrogens is 1. The first-order valence-corrected chi connectivity index (χ1v) is 5.71. The molecule has 3 N–H and O–H groups in total. The van der Waals surface area contributed by atoms with E-state index in [-0.39, 0.29) is 5.91 Å². The van der Waals surface area contributed by atoms with Crippen molar-refractivity contribution < 1.29 is 4.79 Å². The molecule has 5 nitrogen and oxygen atoms in total. The molecule has 0 unspecified atom stereocenters. The van der Waals surface area contributed by atoms with Crippen LogP contribution in [0.25, 0.3) is 0 Å². The Bertz CT molecular complexity index is 362. The van der Waals surface area contributed by atoms with Crippen molar-refractivity contribution in [2.24, 2.45) is 0 Å². The third-order valence-electron chi connectivity index (χ3n) is 2.75. The Hall–Kier alpha value is -1.36. The number of aromatic nitrogens is 2. The molecule has 88 valence electrons. The summed E-state index contributed by atoms with van der Waals surface area (Å²) >= 11 is 0. The predicted octanol–water partition coefficient (Wildman–Crippen LogP) is 1.11. The lowest BCUT2D eigenvalue weighted by Gasteiger charge is -2.05. The summed E-state index contributed by atoms with van der Waals surface area (Å²) in [6, 6.07) is 0.658. The lowest BCUT2D eigenvalue weighted by molar-refractivity contribution is -0.116. The number of rotatable bonds is 5. The Kier molecular flexibility index (Phi) is 3.24. The van der Waals surface area contributed by atoms with E-state index in [0.717, 1.165) is 23.6 Å². The molecule has 1 aromatic rings. The van der Waals surface area contributed by atoms with Gasteiger partial charge in [-0.3, -0.25) is 9.89 Å². The highest BCUT2D eigenvalue weighted by atomic mass is 16.1. The van der Waals surface area contributed by atoms with Crippen LogP contribution < -0.4 is 10.6 Å². The van der Waals surface area contributed by atoms with Crippen LogP contribution in [0, 0.1) is 13.8 Å². The number of aromatic amines is 1. The van der Waals surface area contributed by atoms with Crippen molar-refractivity contribution in [2.75, 3.05) is 11.9 Å². The topological polar surface area (TPSA) is 69.8 Å². The maximum atomic E-state index is 11.6. The van der Waals surface area contributed by atoms with Crippen LogP contribution in [0.3, 0.4) is 0 Å². The number of carbonyl (C=O) groups excluding carboxylic acids is 1. The molecule has 0 radical (unpaired) electrons. The zero-order valence-corrected chi connectivity index (χ0v) is 9.76. The molecule has 1 fully saturated rings. The fourth-order valence-corrected chi connectivity index (χ4v) is 1.61. The molecule has 0 aliphatic heterocycles. The number of hydrogen-bond acceptors (Lipinski definition) is 3. The second-order valence-electron chi connectivity index (χ2n) is 4.34. The maximum absolute atomic E-state index is 11.6. The highest BCUT2D eigenvalue weighted by molar-refractivity contribution is 5.91. The van der Waals surface area contributed by atoms with Crippen LogP contribution in [-0.4, -0.2) is 28.7 Å². The van der Waals surface area contributed by atoms with Crippen molar-refractivity contribution in [3.05, 3.63) is 11.4 Å². The molecule has 1 amide bonds. The average Bonchev–Trinajstić information content (AvgIpc) is 3.01. The molecular weight excluding hydrogens is 204 g/mol. The highest BCUT2D eigenvalue weighted by Gasteiger charge is 2.20. The zero-order chi connectivity index (χ0) is 11.5. The minimum atomic E-state index is 0.0424. The summed E-state index contributed by atoms with van der Waals surface area (Å²) in [5, 5.41) is 13.1. The van der Waals surface area contributed by atoms with Crippen molar-refractivity contribution in [1.82, 2.24) is 15.5 Å². The molecule has 2 rings (SSSR count). The SMILES string of the molecule is Cc1n[nH]c(C)c1NC(=O)CCNC1CC1. The monoisotopic (exact) mass is 222 g/mol. The van der Waals surface area contributed by atoms with E-state index in [2.05, 4.69) is 20.8 Å². The van der Waals surface area contributed by atoms with Gasteiger partial charge in [0.2, 0.25) is 5.91 Å². The third kappa shape index (κ3) is 2.82. The van der Waals surface area contributed by atoms with Crippen LogP contribution in [0.1, 0.15) is 30.7 Å². The number of carbonyl (C=O) groups is 1. The molecule has 1 heterocycles. The fraction of sp³-hybridized carbons (Fsp3) is 0.636. The lowest BCUT2D eigenvalue weighted by Crippen LogP contribution is -2.23. The van der Waals surface area contributed by atoms with E-state index < -0.39 is 0 Å². The lowest BCUT2D eigenvalue weighted by atomic mass is 10.3. The van der Waals surface area contributed by atoms with Crippen LogP contribution in [0.5, 0.6) is 0 Å². The molecule has 0 aromatic carbocycles. The van der Waals surface area contributed by atoms with E-state index in [1.165, 1.54) is 12.8 Å². The summed E-state index contributed by atoms with van der Waals surface area (Å²) < 4.78 is 0. The smallest absolute Gasteiger partial charge is 0.225 e. The Labute approximate surface area is 95.0 Å². The molecule has 0 saturated heterocycles. The summed E-state index contributed by atoms with van der Waals surface area (Å²) in [7, 11) is 0. The average molecular weight is 222 g/mol. The quantitative estimate of drug-likeness (QED) is 0.699. The first kappa shape index (κ1) is 11.1. The zero-order valence-electron chi connectivity index (χ0n) is 9.76. The molecule has 1 aromatic heterocycles. The number of nitrogens with one attached hydrogen (secondary N) is 3. The largest absolute Gasteiger partial charge is 0.323 e. The molecule has 1 saturated carbocycles. The normalized spacial score (nSPS) is 15.1. The number of hydrogen-bond donors (Lipinski definition) is 3. The molecule has 5 heteroatoms. The van der Waals surface area contributed by atoms with E-state index in [0.29, 0.717) is 12.5 Å². The summed E-state index contributed by atoms with van der Waals surface area (Å²) in [6.07, 6.45) is 3.02. The fourth-order valence-electron chi connectivity index (χ4n) is 1.61. The maximum Gasteiger partial charge on any atom is 0.225 e. The first-order chi connectivity index (χ1) is 7.66. The van der Waals surface area contributed by atoms with E-state index >= 15 is 0 Å². The van der Waals surface area contributed by atoms with Gasteiger partial charge in [-0.1, -0.05) is 0 Å². The number of nitrogens with zero attached hydrogens (tertiary/aromatic N) is 1. The van der Waals surface area contributed by atoms with E-state index in [9.17, 15) is 4.79 Å². The number of anilines is 1. The molecule has 0 bridgehead atoms. The Morgan fingerprint density at radius 1 is 1.50 bits per heavy atom. The number of aryl methyl sites for hydroxylation is 2. The van der Waals surface area contributed by atoms with Gasteiger partial charge in [-0.2, -0.15) is 5.10 Å². The molecule has 16 heavy (non-hydrogen) atoms. The third-order valence-corrected chi connectivity index (χ3v) is 2.75. The van der Waals surface area contributed by atoms with Gasteiger partial charge in [0.05, 0.1) is 17.1 Å². The van der Waals surface area contributed by atoms with Gasteiger partial charge >= 0.3 is 0 Å². The van der Waals surface area contributed by atoms with Crippen molar-refractivity contribution in [1.29, 1.82) is 0 Å². The Balaban J connectivity index is 1.77. The van der Waals surface area contributed by atoms with Gasteiger partial charge in [-0.05, 0) is 26.7 Å². The first-order valence-electron chi connectivity index (χ1n) is 5.71. The van der Waals surface area contributed by atoms with Crippen LogP contribution in [0.15, 0.2) is 0 Å². The van der Waals surface area contributed by atoms with Crippen LogP contribution in [0.4, 0.5) is 5.69 Å². The van der Waals surface area contributed by atoms with Gasteiger partial charge in [0.1, 0.15) is 0 Å². The van der Waals surface area contributed by atoms with Gasteiger partial charge in [-0.25, -0.2) is 0 Å². The molecule has 0 atom stereocenters. The van der Waals surface area contributed by atoms with Gasteiger partial charge in [-0.15, -0.1) is 0 Å². The standard InChI is InChI=1S/C11H18N4O/c1-7-11(8(2)15-14-7)13-10(16)5-6-12-9-3-4-9/h9,12H,3-6H2,1-2H3,(H,13,16)(H,14,15). The molecule has 0 spiro atoms. The van der Waals surface area contributed by atoms with Crippen LogP contribution in [0.2, 0.25) is 0 Å². The Morgan fingerprint density at radius 2 is 2.25 bits per heavy atom. The number of amides is 1. The van der Waals surface area contributed by atoms with Crippen molar-refractivity contribution in [2.45, 2.75) is 39.2 Å². The van der Waals surface area contributed by atoms with Gasteiger partial charge < -0.3 is 10.6 Å². The van der Waals surface area contributed by atoms with E-state index in [1.54, 1.807) is 0 Å². The predicted molar refractivity (Wildman–Crippen MR) is 62.3 cm³/mol. The van der Waals surface area contributed by atoms with Crippen LogP contribution in [-0.2, 0) is 4.79 Å². The Morgan fingerprint density at radius 3 is 2.81 bits per heavy atom. The van der Waals surface area contributed by atoms with Crippen molar-refractivity contribution in [3.8, 4) is 0 Å². The second-order valence-corrected chi connectivity index (χ2v) is 4.34. The second kappa shape index (κ2) is 4.65. The highest BCUT2D eigenvalue weighted by Crippen LogP contribution is 2.18. The van der Waals surface area contributed by atoms with Gasteiger partial charge in [0.15, 0.2) is 0 Å². The molecule has 1 aliphatic carbocycles. The summed E-state index contributed by atoms with van der Waals surface area (Å²) in [5.41, 5.74) is 2.55. The summed E-state index contributed by atoms with van der Waals surface area (Å²) in [4.78, 5) is 11.6. The molecular formula is C11H18N4O. The van der Waals surface area contributed by atoms with E-state index in [1.807, 2.05) is 13.8 Å². The van der Waals surface area contributed by atoms with Gasteiger partial charge in [0.25, 0.3) is 0 Å². The minimum absolute atomic E-state index is 0.0424.